The van der Waals surface area contributed by atoms with Crippen molar-refractivity contribution in [2.45, 2.75) is 51.2 Å². The van der Waals surface area contributed by atoms with E-state index >= 15 is 0 Å². The van der Waals surface area contributed by atoms with E-state index in [0.29, 0.717) is 6.42 Å². The van der Waals surface area contributed by atoms with Crippen LogP contribution < -0.4 is 0 Å². The number of Topliss-reactive ketones (excluding diaryl/α,β-unsaturated/α-hetero) is 1. The summed E-state index contributed by atoms with van der Waals surface area (Å²) in [5, 5.41) is -0.314. The van der Waals surface area contributed by atoms with E-state index in [4.69, 9.17) is 0 Å². The lowest BCUT2D eigenvalue weighted by Crippen LogP contribution is -2.29. The average molecular weight is 388 g/mol. The van der Waals surface area contributed by atoms with E-state index in [1.54, 1.807) is 13.8 Å². The molecule has 0 amide bonds. The third kappa shape index (κ3) is 5.10. The molecule has 1 saturated carbocycles. The highest BCUT2D eigenvalue weighted by molar-refractivity contribution is 7.91. The van der Waals surface area contributed by atoms with Gasteiger partial charge in [0.25, 0.3) is 0 Å². The summed E-state index contributed by atoms with van der Waals surface area (Å²) in [4.78, 5) is 12.7. The van der Waals surface area contributed by atoms with Gasteiger partial charge in [-0.2, -0.15) is 0 Å². The highest BCUT2D eigenvalue weighted by atomic mass is 32.2. The van der Waals surface area contributed by atoms with Crippen molar-refractivity contribution in [3.63, 3.8) is 0 Å². The molecule has 3 rings (SSSR count). The van der Waals surface area contributed by atoms with Gasteiger partial charge in [0.1, 0.15) is 5.78 Å². The molecule has 1 aromatic heterocycles. The molecule has 146 valence electrons. The first kappa shape index (κ1) is 19.9. The number of rotatable bonds is 7. The third-order valence-corrected chi connectivity index (χ3v) is 8.08. The molecule has 0 N–H and O–H groups in total. The van der Waals surface area contributed by atoms with Crippen LogP contribution in [0.15, 0.2) is 48.8 Å². The van der Waals surface area contributed by atoms with E-state index in [1.165, 1.54) is 0 Å². The molecule has 1 fully saturated rings. The van der Waals surface area contributed by atoms with Crippen LogP contribution in [0.3, 0.4) is 0 Å². The van der Waals surface area contributed by atoms with Crippen LogP contribution in [-0.2, 0) is 21.1 Å². The normalized spacial score (nSPS) is 20.7. The molecule has 0 saturated heterocycles. The summed E-state index contributed by atoms with van der Waals surface area (Å²) in [6.07, 6.45) is 7.78. The lowest BCUT2D eigenvalue weighted by molar-refractivity contribution is -0.123. The molecule has 0 radical (unpaired) electrons. The average Bonchev–Trinajstić information content (AvgIpc) is 3.17. The highest BCUT2D eigenvalue weighted by Crippen LogP contribution is 2.31. The third-order valence-electron chi connectivity index (χ3n) is 5.71. The summed E-state index contributed by atoms with van der Waals surface area (Å²) in [6, 6.07) is 12.1. The van der Waals surface area contributed by atoms with Gasteiger partial charge >= 0.3 is 0 Å². The Morgan fingerprint density at radius 3 is 2.19 bits per heavy atom. The first-order chi connectivity index (χ1) is 12.8. The fourth-order valence-electron chi connectivity index (χ4n) is 3.81. The fraction of sp³-hybridized carbons (Fsp3) is 0.500. The van der Waals surface area contributed by atoms with Gasteiger partial charge < -0.3 is 4.57 Å². The van der Waals surface area contributed by atoms with Gasteiger partial charge in [-0.15, -0.1) is 0 Å². The Labute approximate surface area is 162 Å². The van der Waals surface area contributed by atoms with E-state index in [-0.39, 0.29) is 28.6 Å². The number of aromatic nitrogens is 1. The summed E-state index contributed by atoms with van der Waals surface area (Å²) in [5.41, 5.74) is 2.13. The minimum atomic E-state index is -2.99. The molecule has 0 aliphatic heterocycles. The minimum Gasteiger partial charge on any atom is -0.324 e. The number of hydrogen-bond donors (Lipinski definition) is 0. The fourth-order valence-corrected chi connectivity index (χ4v) is 5.19. The lowest BCUT2D eigenvalue weighted by Gasteiger charge is -2.28. The molecule has 0 unspecified atom stereocenters. The van der Waals surface area contributed by atoms with E-state index in [1.807, 2.05) is 53.4 Å². The van der Waals surface area contributed by atoms with Crippen LogP contribution in [-0.4, -0.2) is 29.8 Å². The van der Waals surface area contributed by atoms with Gasteiger partial charge in [-0.05, 0) is 75.3 Å². The Kier molecular flexibility index (Phi) is 6.20. The SMILES string of the molecule is CC(C)S(=O)(=O)CC1CCC(C(=O)Cc2ccc(-n3cccc3)cc2)CC1. The number of hydrogen-bond acceptors (Lipinski definition) is 3. The van der Waals surface area contributed by atoms with Crippen LogP contribution in [0.25, 0.3) is 5.69 Å². The van der Waals surface area contributed by atoms with Crippen LogP contribution in [0.4, 0.5) is 0 Å². The van der Waals surface area contributed by atoms with Crippen LogP contribution in [0.2, 0.25) is 0 Å². The second-order valence-electron chi connectivity index (χ2n) is 8.00. The molecule has 5 heteroatoms. The monoisotopic (exact) mass is 387 g/mol. The van der Waals surface area contributed by atoms with E-state index < -0.39 is 9.84 Å². The first-order valence-corrected chi connectivity index (χ1v) is 11.5. The second-order valence-corrected chi connectivity index (χ2v) is 10.6. The molecule has 27 heavy (non-hydrogen) atoms. The van der Waals surface area contributed by atoms with E-state index in [9.17, 15) is 13.2 Å². The largest absolute Gasteiger partial charge is 0.324 e. The predicted octanol–water partition coefficient (Wildman–Crippen LogP) is 4.22. The van der Waals surface area contributed by atoms with Crippen LogP contribution in [0.5, 0.6) is 0 Å². The van der Waals surface area contributed by atoms with Gasteiger partial charge in [0.2, 0.25) is 0 Å². The maximum absolute atomic E-state index is 12.7. The molecular formula is C22H29NO3S. The summed E-state index contributed by atoms with van der Waals surface area (Å²) in [5.74, 6) is 0.843. The van der Waals surface area contributed by atoms with Crippen LogP contribution in [0.1, 0.15) is 45.1 Å². The van der Waals surface area contributed by atoms with Gasteiger partial charge in [0, 0.05) is 30.4 Å². The minimum absolute atomic E-state index is 0.0760. The van der Waals surface area contributed by atoms with Gasteiger partial charge in [-0.3, -0.25) is 4.79 Å². The molecule has 4 nitrogen and oxygen atoms in total. The number of nitrogens with zero attached hydrogens (tertiary/aromatic N) is 1. The van der Waals surface area contributed by atoms with Gasteiger partial charge in [-0.1, -0.05) is 12.1 Å². The predicted molar refractivity (Wildman–Crippen MR) is 109 cm³/mol. The Hall–Kier alpha value is -1.88. The maximum Gasteiger partial charge on any atom is 0.152 e. The summed E-state index contributed by atoms with van der Waals surface area (Å²) >= 11 is 0. The molecule has 1 aliphatic rings. The molecule has 1 aromatic carbocycles. The standard InChI is InChI=1S/C22H29NO3S/c1-17(2)27(25,26)16-19-5-9-20(10-6-19)22(24)15-18-7-11-21(12-8-18)23-13-3-4-14-23/h3-4,7-8,11-14,17,19-20H,5-6,9-10,15-16H2,1-2H3. The van der Waals surface area contributed by atoms with Crippen LogP contribution in [0, 0.1) is 11.8 Å². The Morgan fingerprint density at radius 1 is 1.04 bits per heavy atom. The number of carbonyl (C=O) groups is 1. The van der Waals surface area contributed by atoms with Gasteiger partial charge in [0.05, 0.1) is 11.0 Å². The van der Waals surface area contributed by atoms with Crippen LogP contribution >= 0.6 is 0 Å². The lowest BCUT2D eigenvalue weighted by atomic mass is 9.79. The van der Waals surface area contributed by atoms with Crippen molar-refractivity contribution in [2.75, 3.05) is 5.75 Å². The topological polar surface area (TPSA) is 56.1 Å². The van der Waals surface area contributed by atoms with Crippen molar-refractivity contribution < 1.29 is 13.2 Å². The maximum atomic E-state index is 12.7. The zero-order valence-corrected chi connectivity index (χ0v) is 17.0. The van der Waals surface area contributed by atoms with Crippen molar-refractivity contribution in [1.29, 1.82) is 0 Å². The zero-order chi connectivity index (χ0) is 19.4. The van der Waals surface area contributed by atoms with E-state index in [0.717, 1.165) is 36.9 Å². The Balaban J connectivity index is 1.51. The smallest absolute Gasteiger partial charge is 0.152 e. The molecule has 0 spiro atoms. The second kappa shape index (κ2) is 8.42. The number of sulfone groups is 1. The van der Waals surface area contributed by atoms with E-state index in [2.05, 4.69) is 0 Å². The van der Waals surface area contributed by atoms with Crippen molar-refractivity contribution in [3.05, 3.63) is 54.4 Å². The molecule has 1 aliphatic carbocycles. The number of carbonyl (C=O) groups excluding carboxylic acids is 1. The molecule has 0 atom stereocenters. The Bertz CT molecular complexity index is 843. The van der Waals surface area contributed by atoms with Crippen molar-refractivity contribution >= 4 is 15.6 Å². The molecule has 2 aromatic rings. The summed E-state index contributed by atoms with van der Waals surface area (Å²) < 4.78 is 26.2. The van der Waals surface area contributed by atoms with Crippen molar-refractivity contribution in [1.82, 2.24) is 4.57 Å². The number of benzene rings is 1. The Morgan fingerprint density at radius 2 is 1.63 bits per heavy atom. The quantitative estimate of drug-likeness (QED) is 0.715. The van der Waals surface area contributed by atoms with Crippen molar-refractivity contribution in [2.24, 2.45) is 11.8 Å². The van der Waals surface area contributed by atoms with Crippen molar-refractivity contribution in [3.8, 4) is 5.69 Å². The van der Waals surface area contributed by atoms with Gasteiger partial charge in [0.15, 0.2) is 9.84 Å². The highest BCUT2D eigenvalue weighted by Gasteiger charge is 2.29. The van der Waals surface area contributed by atoms with Gasteiger partial charge in [-0.25, -0.2) is 8.42 Å². The summed E-state index contributed by atoms with van der Waals surface area (Å²) in [7, 11) is -2.99. The number of ketones is 1. The first-order valence-electron chi connectivity index (χ1n) is 9.81. The molecule has 1 heterocycles. The summed E-state index contributed by atoms with van der Waals surface area (Å²) in [6.45, 7) is 3.48. The molecular weight excluding hydrogens is 358 g/mol. The zero-order valence-electron chi connectivity index (χ0n) is 16.2. The molecule has 0 bridgehead atoms.